The van der Waals surface area contributed by atoms with Crippen LogP contribution in [0.25, 0.3) is 17.3 Å². The number of H-pyrrole nitrogens is 1. The first-order chi connectivity index (χ1) is 11.6. The number of halogens is 1. The minimum atomic E-state index is -0.0693. The van der Waals surface area contributed by atoms with Gasteiger partial charge in [0.2, 0.25) is 0 Å². The van der Waals surface area contributed by atoms with E-state index in [0.29, 0.717) is 5.56 Å². The average Bonchev–Trinajstić information content (AvgIpc) is 3.12. The topological polar surface area (TPSA) is 50.1 Å². The highest BCUT2D eigenvalue weighted by molar-refractivity contribution is 9.10. The molecule has 2 aromatic carbocycles. The number of nitrogens with one attached hydrogen (secondary N) is 1. The maximum absolute atomic E-state index is 12.8. The number of para-hydroxylation sites is 1. The first kappa shape index (κ1) is 14.9. The number of fused-ring (bicyclic) bond motifs is 1. The number of rotatable bonds is 2. The maximum atomic E-state index is 12.8. The second kappa shape index (κ2) is 5.76. The number of hydrogen-bond donors (Lipinski definition) is 1. The quantitative estimate of drug-likeness (QED) is 0.700. The van der Waals surface area contributed by atoms with Crippen molar-refractivity contribution in [3.63, 3.8) is 0 Å². The molecule has 0 amide bonds. The Morgan fingerprint density at radius 3 is 2.67 bits per heavy atom. The molecular weight excluding hydrogens is 366 g/mol. The zero-order valence-corrected chi connectivity index (χ0v) is 14.5. The summed E-state index contributed by atoms with van der Waals surface area (Å²) in [6.07, 6.45) is 3.71. The summed E-state index contributed by atoms with van der Waals surface area (Å²) in [5, 5.41) is 3.15. The fraction of sp³-hybridized carbons (Fsp3) is 0.0526. The Labute approximate surface area is 147 Å². The number of benzene rings is 2. The molecule has 118 valence electrons. The van der Waals surface area contributed by atoms with Gasteiger partial charge >= 0.3 is 0 Å². The molecule has 1 aliphatic rings. The number of aliphatic imine (C=N–C) groups is 1. The molecule has 2 heterocycles. The summed E-state index contributed by atoms with van der Waals surface area (Å²) in [4.78, 5) is 17.2. The summed E-state index contributed by atoms with van der Waals surface area (Å²) in [6.45, 7) is 1.90. The fourth-order valence-corrected chi connectivity index (χ4v) is 3.08. The molecule has 0 radical (unpaired) electrons. The average molecular weight is 380 g/mol. The van der Waals surface area contributed by atoms with Crippen molar-refractivity contribution in [2.24, 2.45) is 4.99 Å². The van der Waals surface area contributed by atoms with Gasteiger partial charge in [-0.05, 0) is 43.3 Å². The van der Waals surface area contributed by atoms with Crippen molar-refractivity contribution in [2.45, 2.75) is 6.92 Å². The van der Waals surface area contributed by atoms with Crippen LogP contribution in [0.2, 0.25) is 0 Å². The van der Waals surface area contributed by atoms with Crippen LogP contribution in [0.5, 0.6) is 0 Å². The fourth-order valence-electron chi connectivity index (χ4n) is 2.81. The van der Waals surface area contributed by atoms with E-state index in [1.54, 1.807) is 10.9 Å². The van der Waals surface area contributed by atoms with Crippen molar-refractivity contribution in [1.82, 2.24) is 9.78 Å². The van der Waals surface area contributed by atoms with Crippen molar-refractivity contribution >= 4 is 39.5 Å². The number of aromatic nitrogens is 2. The van der Waals surface area contributed by atoms with Gasteiger partial charge in [0.05, 0.1) is 16.9 Å². The van der Waals surface area contributed by atoms with Crippen LogP contribution in [0, 0.1) is 6.92 Å². The monoisotopic (exact) mass is 379 g/mol. The molecular formula is C19H14BrN3O. The molecule has 5 heteroatoms. The summed E-state index contributed by atoms with van der Waals surface area (Å²) >= 11 is 3.41. The van der Waals surface area contributed by atoms with Crippen LogP contribution in [0.4, 0.5) is 5.69 Å². The summed E-state index contributed by atoms with van der Waals surface area (Å²) in [5.41, 5.74) is 5.14. The molecule has 4 nitrogen and oxygen atoms in total. The van der Waals surface area contributed by atoms with Crippen molar-refractivity contribution in [1.29, 1.82) is 0 Å². The third-order valence-corrected chi connectivity index (χ3v) is 4.59. The van der Waals surface area contributed by atoms with Gasteiger partial charge in [-0.15, -0.1) is 0 Å². The first-order valence-electron chi connectivity index (χ1n) is 7.56. The lowest BCUT2D eigenvalue weighted by Gasteiger charge is -2.00. The predicted octanol–water partition coefficient (Wildman–Crippen LogP) is 4.49. The summed E-state index contributed by atoms with van der Waals surface area (Å²) in [7, 11) is 0. The SMILES string of the molecule is Cc1[nH]n(-c2ccc(Br)cc2)c(=O)c1/C=C1/C=Nc2ccccc21. The van der Waals surface area contributed by atoms with Gasteiger partial charge in [0.15, 0.2) is 0 Å². The van der Waals surface area contributed by atoms with Crippen molar-refractivity contribution in [2.75, 3.05) is 0 Å². The standard InChI is InChI=1S/C19H14BrN3O/c1-12-17(10-13-11-21-18-5-3-2-4-16(13)18)19(24)23(22-12)15-8-6-14(20)7-9-15/h2-11,22H,1H3/b13-10-. The Bertz CT molecular complexity index is 1040. The van der Waals surface area contributed by atoms with Gasteiger partial charge in [0, 0.05) is 27.5 Å². The molecule has 0 saturated heterocycles. The molecule has 0 saturated carbocycles. The molecule has 24 heavy (non-hydrogen) atoms. The number of aryl methyl sites for hydroxylation is 1. The van der Waals surface area contributed by atoms with Gasteiger partial charge in [0.25, 0.3) is 5.56 Å². The van der Waals surface area contributed by atoms with E-state index in [1.165, 1.54) is 0 Å². The third kappa shape index (κ3) is 2.47. The first-order valence-corrected chi connectivity index (χ1v) is 8.35. The summed E-state index contributed by atoms with van der Waals surface area (Å²) < 4.78 is 2.54. The highest BCUT2D eigenvalue weighted by Gasteiger charge is 2.15. The molecule has 0 bridgehead atoms. The van der Waals surface area contributed by atoms with E-state index in [9.17, 15) is 4.79 Å². The minimum Gasteiger partial charge on any atom is -0.295 e. The zero-order chi connectivity index (χ0) is 16.7. The molecule has 0 atom stereocenters. The minimum absolute atomic E-state index is 0.0693. The van der Waals surface area contributed by atoms with Crippen molar-refractivity contribution < 1.29 is 0 Å². The Morgan fingerprint density at radius 1 is 1.12 bits per heavy atom. The van der Waals surface area contributed by atoms with E-state index in [2.05, 4.69) is 26.0 Å². The van der Waals surface area contributed by atoms with Crippen LogP contribution in [-0.4, -0.2) is 16.0 Å². The van der Waals surface area contributed by atoms with Gasteiger partial charge in [-0.2, -0.15) is 0 Å². The molecule has 1 aromatic heterocycles. The smallest absolute Gasteiger partial charge is 0.278 e. The van der Waals surface area contributed by atoms with E-state index in [0.717, 1.165) is 32.7 Å². The van der Waals surface area contributed by atoms with Crippen LogP contribution in [0.15, 0.2) is 62.8 Å². The number of allylic oxidation sites excluding steroid dienone is 1. The van der Waals surface area contributed by atoms with Gasteiger partial charge in [0.1, 0.15) is 0 Å². The van der Waals surface area contributed by atoms with Crippen LogP contribution < -0.4 is 5.56 Å². The van der Waals surface area contributed by atoms with E-state index in [4.69, 9.17) is 0 Å². The van der Waals surface area contributed by atoms with E-state index >= 15 is 0 Å². The number of aromatic amines is 1. The van der Waals surface area contributed by atoms with Crippen molar-refractivity contribution in [3.05, 3.63) is 80.2 Å². The molecule has 0 unspecified atom stereocenters. The number of nitrogens with zero attached hydrogens (tertiary/aromatic N) is 2. The van der Waals surface area contributed by atoms with E-state index in [-0.39, 0.29) is 5.56 Å². The normalized spacial score (nSPS) is 14.3. The lowest BCUT2D eigenvalue weighted by molar-refractivity contribution is 0.835. The molecule has 1 N–H and O–H groups in total. The largest absolute Gasteiger partial charge is 0.295 e. The van der Waals surface area contributed by atoms with Crippen LogP contribution in [0.1, 0.15) is 16.8 Å². The Morgan fingerprint density at radius 2 is 1.88 bits per heavy atom. The Balaban J connectivity index is 1.81. The molecule has 1 aliphatic heterocycles. The van der Waals surface area contributed by atoms with Gasteiger partial charge in [-0.3, -0.25) is 14.9 Å². The van der Waals surface area contributed by atoms with Gasteiger partial charge < -0.3 is 0 Å². The summed E-state index contributed by atoms with van der Waals surface area (Å²) in [6, 6.07) is 15.5. The van der Waals surface area contributed by atoms with Crippen molar-refractivity contribution in [3.8, 4) is 5.69 Å². The van der Waals surface area contributed by atoms with Crippen LogP contribution in [0.3, 0.4) is 0 Å². The number of hydrogen-bond acceptors (Lipinski definition) is 2. The maximum Gasteiger partial charge on any atom is 0.278 e. The molecule has 0 aliphatic carbocycles. The van der Waals surface area contributed by atoms with E-state index < -0.39 is 0 Å². The molecule has 0 fully saturated rings. The highest BCUT2D eigenvalue weighted by Crippen LogP contribution is 2.32. The van der Waals surface area contributed by atoms with Crippen LogP contribution in [-0.2, 0) is 0 Å². The third-order valence-electron chi connectivity index (χ3n) is 4.06. The van der Waals surface area contributed by atoms with Crippen LogP contribution >= 0.6 is 15.9 Å². The second-order valence-corrected chi connectivity index (χ2v) is 6.56. The lowest BCUT2D eigenvalue weighted by atomic mass is 10.0. The second-order valence-electron chi connectivity index (χ2n) is 5.64. The Kier molecular flexibility index (Phi) is 3.58. The summed E-state index contributed by atoms with van der Waals surface area (Å²) in [5.74, 6) is 0. The van der Waals surface area contributed by atoms with Gasteiger partial charge in [-0.1, -0.05) is 34.1 Å². The Hall–Kier alpha value is -2.66. The molecule has 0 spiro atoms. The predicted molar refractivity (Wildman–Crippen MR) is 101 cm³/mol. The zero-order valence-electron chi connectivity index (χ0n) is 13.0. The van der Waals surface area contributed by atoms with E-state index in [1.807, 2.05) is 61.5 Å². The van der Waals surface area contributed by atoms with Gasteiger partial charge in [-0.25, -0.2) is 4.68 Å². The lowest BCUT2D eigenvalue weighted by Crippen LogP contribution is -2.15. The highest BCUT2D eigenvalue weighted by atomic mass is 79.9. The molecule has 3 aromatic rings. The molecule has 4 rings (SSSR count).